The smallest absolute Gasteiger partial charge is 0.0914 e. The molecule has 1 aromatic heterocycles. The maximum Gasteiger partial charge on any atom is 0.0914 e. The number of pyridine rings is 1. The molecule has 2 N–H and O–H groups in total. The fourth-order valence-corrected chi connectivity index (χ4v) is 3.05. The fourth-order valence-electron chi connectivity index (χ4n) is 3.05. The Balaban J connectivity index is 2.05. The summed E-state index contributed by atoms with van der Waals surface area (Å²) in [5.74, 6) is 0. The Labute approximate surface area is 118 Å². The van der Waals surface area contributed by atoms with Crippen molar-refractivity contribution >= 4 is 10.8 Å². The van der Waals surface area contributed by atoms with Crippen LogP contribution in [0.2, 0.25) is 0 Å². The van der Waals surface area contributed by atoms with E-state index >= 15 is 0 Å². The largest absolute Gasteiger partial charge is 0.381 e. The summed E-state index contributed by atoms with van der Waals surface area (Å²) in [6, 6.07) is 8.03. The van der Waals surface area contributed by atoms with Crippen molar-refractivity contribution in [3.8, 4) is 0 Å². The molecule has 20 heavy (non-hydrogen) atoms. The number of benzene rings is 1. The van der Waals surface area contributed by atoms with Crippen molar-refractivity contribution in [3.05, 3.63) is 42.2 Å². The first-order valence-corrected chi connectivity index (χ1v) is 6.98. The summed E-state index contributed by atoms with van der Waals surface area (Å²) in [6.07, 6.45) is 5.33. The highest BCUT2D eigenvalue weighted by Gasteiger charge is 2.40. The number of methoxy groups -OCH3 is 1. The molecule has 0 aliphatic carbocycles. The lowest BCUT2D eigenvalue weighted by Gasteiger charge is -2.41. The monoisotopic (exact) mass is 272 g/mol. The molecule has 4 nitrogen and oxygen atoms in total. The molecule has 0 bridgehead atoms. The third-order valence-electron chi connectivity index (χ3n) is 4.36. The van der Waals surface area contributed by atoms with Crippen molar-refractivity contribution in [1.29, 1.82) is 0 Å². The maximum atomic E-state index is 6.57. The van der Waals surface area contributed by atoms with E-state index in [0.717, 1.165) is 29.2 Å². The van der Waals surface area contributed by atoms with E-state index in [9.17, 15) is 0 Å². The number of hydrogen-bond donors (Lipinski definition) is 1. The van der Waals surface area contributed by atoms with Gasteiger partial charge in [0.2, 0.25) is 0 Å². The molecule has 2 heterocycles. The highest BCUT2D eigenvalue weighted by Crippen LogP contribution is 2.37. The Morgan fingerprint density at radius 1 is 1.30 bits per heavy atom. The van der Waals surface area contributed by atoms with Crippen LogP contribution < -0.4 is 5.73 Å². The van der Waals surface area contributed by atoms with Gasteiger partial charge in [-0.3, -0.25) is 4.98 Å². The number of ether oxygens (including phenoxy) is 2. The van der Waals surface area contributed by atoms with Crippen LogP contribution in [0.3, 0.4) is 0 Å². The van der Waals surface area contributed by atoms with Gasteiger partial charge in [-0.05, 0) is 17.0 Å². The first kappa shape index (κ1) is 13.5. The predicted molar refractivity (Wildman–Crippen MR) is 78.5 cm³/mol. The zero-order valence-electron chi connectivity index (χ0n) is 11.7. The van der Waals surface area contributed by atoms with Crippen LogP contribution in [0.15, 0.2) is 36.7 Å². The molecular weight excluding hydrogens is 252 g/mol. The number of nitrogens with zero attached hydrogens (tertiary/aromatic N) is 1. The predicted octanol–water partition coefficient (Wildman–Crippen LogP) is 2.43. The Hall–Kier alpha value is -1.49. The Kier molecular flexibility index (Phi) is 3.70. The molecule has 1 aromatic carbocycles. The standard InChI is InChI=1S/C16H20N2O2/c1-19-16(6-9-20-10-7-16)15(17)13-4-2-3-12-5-8-18-11-14(12)13/h2-5,8,11,15H,6-7,9-10,17H2,1H3. The Morgan fingerprint density at radius 2 is 2.10 bits per heavy atom. The van der Waals surface area contributed by atoms with E-state index in [-0.39, 0.29) is 11.6 Å². The molecule has 1 aliphatic rings. The van der Waals surface area contributed by atoms with Gasteiger partial charge in [0.15, 0.2) is 0 Å². The minimum absolute atomic E-state index is 0.177. The van der Waals surface area contributed by atoms with Gasteiger partial charge in [0.1, 0.15) is 0 Å². The summed E-state index contributed by atoms with van der Waals surface area (Å²) in [5, 5.41) is 2.26. The average Bonchev–Trinajstić information content (AvgIpc) is 2.54. The molecule has 3 rings (SSSR count). The molecule has 0 radical (unpaired) electrons. The van der Waals surface area contributed by atoms with E-state index < -0.39 is 0 Å². The van der Waals surface area contributed by atoms with Crippen molar-refractivity contribution in [2.75, 3.05) is 20.3 Å². The van der Waals surface area contributed by atoms with Crippen LogP contribution in [0.1, 0.15) is 24.4 Å². The van der Waals surface area contributed by atoms with Gasteiger partial charge in [0.05, 0.1) is 11.6 Å². The third kappa shape index (κ3) is 2.20. The van der Waals surface area contributed by atoms with Crippen molar-refractivity contribution in [2.45, 2.75) is 24.5 Å². The second-order valence-corrected chi connectivity index (χ2v) is 5.30. The lowest BCUT2D eigenvalue weighted by atomic mass is 9.81. The third-order valence-corrected chi connectivity index (χ3v) is 4.36. The highest BCUT2D eigenvalue weighted by atomic mass is 16.5. The van der Waals surface area contributed by atoms with Gasteiger partial charge in [0.25, 0.3) is 0 Å². The van der Waals surface area contributed by atoms with E-state index in [2.05, 4.69) is 17.1 Å². The highest BCUT2D eigenvalue weighted by molar-refractivity contribution is 5.85. The molecule has 1 saturated heterocycles. The molecule has 4 heteroatoms. The average molecular weight is 272 g/mol. The van der Waals surface area contributed by atoms with Gasteiger partial charge in [-0.15, -0.1) is 0 Å². The normalized spacial score (nSPS) is 19.9. The van der Waals surface area contributed by atoms with Gasteiger partial charge in [-0.1, -0.05) is 18.2 Å². The summed E-state index contributed by atoms with van der Waals surface area (Å²) >= 11 is 0. The van der Waals surface area contributed by atoms with Gasteiger partial charge in [-0.25, -0.2) is 0 Å². The lowest BCUT2D eigenvalue weighted by Crippen LogP contribution is -2.47. The zero-order valence-corrected chi connectivity index (χ0v) is 11.7. The van der Waals surface area contributed by atoms with E-state index in [0.29, 0.717) is 13.2 Å². The van der Waals surface area contributed by atoms with E-state index in [1.54, 1.807) is 13.3 Å². The van der Waals surface area contributed by atoms with Crippen LogP contribution in [-0.4, -0.2) is 30.9 Å². The second-order valence-electron chi connectivity index (χ2n) is 5.30. The van der Waals surface area contributed by atoms with Crippen LogP contribution in [0.25, 0.3) is 10.8 Å². The molecule has 106 valence electrons. The molecule has 2 aromatic rings. The Morgan fingerprint density at radius 3 is 2.85 bits per heavy atom. The van der Waals surface area contributed by atoms with E-state index in [4.69, 9.17) is 15.2 Å². The number of aromatic nitrogens is 1. The van der Waals surface area contributed by atoms with Crippen LogP contribution in [0, 0.1) is 0 Å². The molecule has 0 spiro atoms. The number of hydrogen-bond acceptors (Lipinski definition) is 4. The summed E-state index contributed by atoms with van der Waals surface area (Å²) in [7, 11) is 1.74. The van der Waals surface area contributed by atoms with Gasteiger partial charge in [-0.2, -0.15) is 0 Å². The Bertz CT molecular complexity index is 589. The molecule has 1 aliphatic heterocycles. The van der Waals surface area contributed by atoms with Gasteiger partial charge in [0, 0.05) is 50.9 Å². The van der Waals surface area contributed by atoms with Gasteiger partial charge < -0.3 is 15.2 Å². The molecule has 1 atom stereocenters. The lowest BCUT2D eigenvalue weighted by molar-refractivity contribution is -0.104. The number of rotatable bonds is 3. The molecule has 0 amide bonds. The second kappa shape index (κ2) is 5.48. The van der Waals surface area contributed by atoms with E-state index in [1.165, 1.54) is 0 Å². The zero-order chi connectivity index (χ0) is 14.0. The van der Waals surface area contributed by atoms with Gasteiger partial charge >= 0.3 is 0 Å². The molecule has 1 fully saturated rings. The summed E-state index contributed by atoms with van der Waals surface area (Å²) in [5.41, 5.74) is 7.32. The number of nitrogens with two attached hydrogens (primary N) is 1. The topological polar surface area (TPSA) is 57.4 Å². The summed E-state index contributed by atoms with van der Waals surface area (Å²) < 4.78 is 11.3. The first-order valence-electron chi connectivity index (χ1n) is 6.98. The molecule has 0 saturated carbocycles. The first-order chi connectivity index (χ1) is 9.77. The van der Waals surface area contributed by atoms with Crippen molar-refractivity contribution in [3.63, 3.8) is 0 Å². The van der Waals surface area contributed by atoms with Crippen LogP contribution in [0.4, 0.5) is 0 Å². The van der Waals surface area contributed by atoms with Crippen molar-refractivity contribution in [1.82, 2.24) is 4.98 Å². The fraction of sp³-hybridized carbons (Fsp3) is 0.438. The van der Waals surface area contributed by atoms with Crippen LogP contribution >= 0.6 is 0 Å². The van der Waals surface area contributed by atoms with E-state index in [1.807, 2.05) is 18.3 Å². The summed E-state index contributed by atoms with van der Waals surface area (Å²) in [4.78, 5) is 4.23. The molecule has 1 unspecified atom stereocenters. The SMILES string of the molecule is COC1(C(N)c2cccc3ccncc23)CCOCC1. The molecular formula is C16H20N2O2. The minimum atomic E-state index is -0.345. The van der Waals surface area contributed by atoms with Crippen molar-refractivity contribution in [2.24, 2.45) is 5.73 Å². The summed E-state index contributed by atoms with van der Waals surface area (Å²) in [6.45, 7) is 1.40. The maximum absolute atomic E-state index is 6.57. The van der Waals surface area contributed by atoms with Crippen LogP contribution in [0.5, 0.6) is 0 Å². The number of fused-ring (bicyclic) bond motifs is 1. The minimum Gasteiger partial charge on any atom is -0.381 e. The van der Waals surface area contributed by atoms with Crippen molar-refractivity contribution < 1.29 is 9.47 Å². The quantitative estimate of drug-likeness (QED) is 0.932. The van der Waals surface area contributed by atoms with Crippen LogP contribution in [-0.2, 0) is 9.47 Å².